The van der Waals surface area contributed by atoms with Gasteiger partial charge in [0.05, 0.1) is 12.0 Å². The molecule has 0 fully saturated rings. The van der Waals surface area contributed by atoms with E-state index < -0.39 is 5.97 Å². The second kappa shape index (κ2) is 28.0. The van der Waals surface area contributed by atoms with E-state index in [2.05, 4.69) is 6.92 Å². The summed E-state index contributed by atoms with van der Waals surface area (Å²) >= 11 is 0. The Hall–Kier alpha value is -1.06. The summed E-state index contributed by atoms with van der Waals surface area (Å²) in [6.45, 7) is 6.18. The van der Waals surface area contributed by atoms with Gasteiger partial charge >= 0.3 is 11.9 Å². The first-order valence-electron chi connectivity index (χ1n) is 16.4. The molecule has 1 N–H and O–H groups in total. The molecule has 0 bridgehead atoms. The zero-order chi connectivity index (χ0) is 27.4. The van der Waals surface area contributed by atoms with E-state index in [0.29, 0.717) is 6.42 Å². The maximum Gasteiger partial charge on any atom is 0.309 e. The molecule has 37 heavy (non-hydrogen) atoms. The average Bonchev–Trinajstić information content (AvgIpc) is 2.85. The molecule has 1 atom stereocenters. The second-order valence-corrected chi connectivity index (χ2v) is 11.7. The Kier molecular flexibility index (Phi) is 27.2. The summed E-state index contributed by atoms with van der Waals surface area (Å²) in [7, 11) is 0. The fourth-order valence-corrected chi connectivity index (χ4v) is 5.20. The van der Waals surface area contributed by atoms with Gasteiger partial charge < -0.3 is 9.84 Å². The molecule has 0 aliphatic rings. The van der Waals surface area contributed by atoms with Crippen LogP contribution in [0.15, 0.2) is 0 Å². The van der Waals surface area contributed by atoms with E-state index >= 15 is 0 Å². The number of ether oxygens (including phenoxy) is 1. The number of hydrogen-bond acceptors (Lipinski definition) is 3. The number of carbonyl (C=O) groups excluding carboxylic acids is 1. The SMILES string of the molecule is CCCCCCCCCCCCCCC(CCCCCCCCCCCCCC(=O)O)C(=O)OC(C)C. The molecule has 0 aromatic carbocycles. The van der Waals surface area contributed by atoms with Gasteiger partial charge in [-0.3, -0.25) is 9.59 Å². The number of carbonyl (C=O) groups is 2. The van der Waals surface area contributed by atoms with Crippen LogP contribution in [-0.4, -0.2) is 23.1 Å². The van der Waals surface area contributed by atoms with Gasteiger partial charge in [-0.25, -0.2) is 0 Å². The predicted molar refractivity (Wildman–Crippen MR) is 158 cm³/mol. The molecule has 0 rings (SSSR count). The summed E-state index contributed by atoms with van der Waals surface area (Å²) in [6, 6.07) is 0. The Morgan fingerprint density at radius 1 is 0.541 bits per heavy atom. The molecule has 4 nitrogen and oxygen atoms in total. The predicted octanol–water partition coefficient (Wildman–Crippen LogP) is 10.8. The van der Waals surface area contributed by atoms with Crippen molar-refractivity contribution in [1.29, 1.82) is 0 Å². The van der Waals surface area contributed by atoms with Crippen molar-refractivity contribution in [2.45, 2.75) is 194 Å². The van der Waals surface area contributed by atoms with Crippen molar-refractivity contribution in [2.24, 2.45) is 5.92 Å². The Morgan fingerprint density at radius 3 is 1.19 bits per heavy atom. The van der Waals surface area contributed by atoms with Gasteiger partial charge in [-0.15, -0.1) is 0 Å². The topological polar surface area (TPSA) is 63.6 Å². The van der Waals surface area contributed by atoms with Crippen LogP contribution in [-0.2, 0) is 14.3 Å². The number of unbranched alkanes of at least 4 members (excludes halogenated alkanes) is 21. The smallest absolute Gasteiger partial charge is 0.309 e. The van der Waals surface area contributed by atoms with Crippen molar-refractivity contribution < 1.29 is 19.4 Å². The molecule has 0 aromatic heterocycles. The fourth-order valence-electron chi connectivity index (χ4n) is 5.20. The molecular weight excluding hydrogens is 460 g/mol. The van der Waals surface area contributed by atoms with Crippen LogP contribution < -0.4 is 0 Å². The molecule has 1 unspecified atom stereocenters. The van der Waals surface area contributed by atoms with Crippen LogP contribution in [0.5, 0.6) is 0 Å². The minimum absolute atomic E-state index is 0.0193. The van der Waals surface area contributed by atoms with Crippen LogP contribution in [0.25, 0.3) is 0 Å². The Balaban J connectivity index is 3.76. The number of rotatable bonds is 29. The monoisotopic (exact) mass is 524 g/mol. The van der Waals surface area contributed by atoms with Crippen molar-refractivity contribution in [2.75, 3.05) is 0 Å². The lowest BCUT2D eigenvalue weighted by atomic mass is 9.94. The maximum absolute atomic E-state index is 12.6. The summed E-state index contributed by atoms with van der Waals surface area (Å²) in [6.07, 6.45) is 31.5. The summed E-state index contributed by atoms with van der Waals surface area (Å²) in [5.74, 6) is -0.555. The van der Waals surface area contributed by atoms with E-state index in [1.165, 1.54) is 122 Å². The van der Waals surface area contributed by atoms with Gasteiger partial charge in [0.2, 0.25) is 0 Å². The maximum atomic E-state index is 12.6. The van der Waals surface area contributed by atoms with Crippen LogP contribution in [0.3, 0.4) is 0 Å². The van der Waals surface area contributed by atoms with Gasteiger partial charge in [0, 0.05) is 6.42 Å². The highest BCUT2D eigenvalue weighted by atomic mass is 16.5. The molecular formula is C33H64O4. The molecule has 0 saturated heterocycles. The van der Waals surface area contributed by atoms with E-state index in [1.54, 1.807) is 0 Å². The van der Waals surface area contributed by atoms with Gasteiger partial charge in [-0.05, 0) is 33.1 Å². The molecule has 0 radical (unpaired) electrons. The highest BCUT2D eigenvalue weighted by Gasteiger charge is 2.20. The van der Waals surface area contributed by atoms with Crippen molar-refractivity contribution in [1.82, 2.24) is 0 Å². The zero-order valence-electron chi connectivity index (χ0n) is 25.2. The van der Waals surface area contributed by atoms with Crippen LogP contribution in [0.1, 0.15) is 188 Å². The summed E-state index contributed by atoms with van der Waals surface area (Å²) in [5.41, 5.74) is 0. The van der Waals surface area contributed by atoms with Gasteiger partial charge in [0.15, 0.2) is 0 Å². The van der Waals surface area contributed by atoms with Crippen LogP contribution in [0.2, 0.25) is 0 Å². The Bertz CT molecular complexity index is 503. The normalized spacial score (nSPS) is 12.2. The van der Waals surface area contributed by atoms with E-state index in [0.717, 1.165) is 38.5 Å². The molecule has 0 amide bonds. The van der Waals surface area contributed by atoms with Gasteiger partial charge in [0.25, 0.3) is 0 Å². The third-order valence-electron chi connectivity index (χ3n) is 7.53. The van der Waals surface area contributed by atoms with Crippen molar-refractivity contribution in [3.63, 3.8) is 0 Å². The van der Waals surface area contributed by atoms with Crippen LogP contribution >= 0.6 is 0 Å². The second-order valence-electron chi connectivity index (χ2n) is 11.7. The first kappa shape index (κ1) is 35.9. The van der Waals surface area contributed by atoms with E-state index in [1.807, 2.05) is 13.8 Å². The molecule has 0 heterocycles. The minimum atomic E-state index is -0.674. The molecule has 0 spiro atoms. The lowest BCUT2D eigenvalue weighted by Crippen LogP contribution is -2.21. The number of esters is 1. The van der Waals surface area contributed by atoms with E-state index in [9.17, 15) is 9.59 Å². The van der Waals surface area contributed by atoms with Crippen molar-refractivity contribution in [3.05, 3.63) is 0 Å². The third-order valence-corrected chi connectivity index (χ3v) is 7.53. The lowest BCUT2D eigenvalue weighted by molar-refractivity contribution is -0.153. The third kappa shape index (κ3) is 27.8. The van der Waals surface area contributed by atoms with E-state index in [4.69, 9.17) is 9.84 Å². The van der Waals surface area contributed by atoms with Gasteiger partial charge in [-0.2, -0.15) is 0 Å². The van der Waals surface area contributed by atoms with Crippen LogP contribution in [0, 0.1) is 5.92 Å². The summed E-state index contributed by atoms with van der Waals surface area (Å²) in [5, 5.41) is 8.65. The lowest BCUT2D eigenvalue weighted by Gasteiger charge is -2.18. The average molecular weight is 525 g/mol. The summed E-state index contributed by atoms with van der Waals surface area (Å²) < 4.78 is 5.57. The van der Waals surface area contributed by atoms with Gasteiger partial charge in [0.1, 0.15) is 0 Å². The summed E-state index contributed by atoms with van der Waals surface area (Å²) in [4.78, 5) is 23.1. The molecule has 0 aliphatic heterocycles. The fraction of sp³-hybridized carbons (Fsp3) is 0.939. The van der Waals surface area contributed by atoms with Crippen LogP contribution in [0.4, 0.5) is 0 Å². The van der Waals surface area contributed by atoms with Crippen molar-refractivity contribution >= 4 is 11.9 Å². The molecule has 220 valence electrons. The molecule has 4 heteroatoms. The molecule has 0 aromatic rings. The first-order valence-corrected chi connectivity index (χ1v) is 16.4. The first-order chi connectivity index (χ1) is 18.0. The van der Waals surface area contributed by atoms with Crippen molar-refractivity contribution in [3.8, 4) is 0 Å². The standard InChI is InChI=1S/C33H64O4/c1-4-5-6-7-8-9-10-12-15-18-21-24-27-31(33(36)37-30(2)3)28-25-22-19-16-13-11-14-17-20-23-26-29-32(34)35/h30-31H,4-29H2,1-3H3,(H,34,35). The minimum Gasteiger partial charge on any atom is -0.481 e. The Morgan fingerprint density at radius 2 is 0.865 bits per heavy atom. The highest BCUT2D eigenvalue weighted by molar-refractivity contribution is 5.72. The number of carboxylic acids is 1. The number of hydrogen-bond donors (Lipinski definition) is 1. The number of aliphatic carboxylic acids is 1. The Labute approximate surface area is 231 Å². The number of carboxylic acid groups (broad SMARTS) is 1. The quantitative estimate of drug-likeness (QED) is 0.0780. The molecule has 0 aliphatic carbocycles. The molecule has 0 saturated carbocycles. The van der Waals surface area contributed by atoms with Gasteiger partial charge in [-0.1, -0.05) is 148 Å². The highest BCUT2D eigenvalue weighted by Crippen LogP contribution is 2.22. The zero-order valence-corrected chi connectivity index (χ0v) is 25.2. The van der Waals surface area contributed by atoms with E-state index in [-0.39, 0.29) is 18.0 Å². The largest absolute Gasteiger partial charge is 0.481 e.